The Balaban J connectivity index is 1.58. The monoisotopic (exact) mass is 420 g/mol. The number of aliphatic hydroxyl groups excluding tert-OH is 1. The summed E-state index contributed by atoms with van der Waals surface area (Å²) in [4.78, 5) is 27.0. The summed E-state index contributed by atoms with van der Waals surface area (Å²) in [5.41, 5.74) is 1.11. The minimum atomic E-state index is -0.645. The normalized spacial score (nSPS) is 17.4. The summed E-state index contributed by atoms with van der Waals surface area (Å²) >= 11 is 12.1. The van der Waals surface area contributed by atoms with Crippen LogP contribution in [0, 0.1) is 0 Å². The van der Waals surface area contributed by atoms with Crippen LogP contribution in [-0.4, -0.2) is 41.0 Å². The van der Waals surface area contributed by atoms with Gasteiger partial charge in [0.05, 0.1) is 16.7 Å². The Morgan fingerprint density at radius 1 is 1.18 bits per heavy atom. The predicted molar refractivity (Wildman–Crippen MR) is 110 cm³/mol. The van der Waals surface area contributed by atoms with Gasteiger partial charge in [-0.15, -0.1) is 0 Å². The highest BCUT2D eigenvalue weighted by Gasteiger charge is 2.35. The number of rotatable bonds is 6. The smallest absolute Gasteiger partial charge is 0.256 e. The van der Waals surface area contributed by atoms with Crippen molar-refractivity contribution in [1.29, 1.82) is 0 Å². The molecule has 1 heterocycles. The largest absolute Gasteiger partial charge is 0.388 e. The summed E-state index contributed by atoms with van der Waals surface area (Å²) in [6.45, 7) is 0.817. The van der Waals surface area contributed by atoms with Crippen LogP contribution in [0.2, 0.25) is 10.0 Å². The maximum Gasteiger partial charge on any atom is 0.256 e. The number of hydrogen-bond acceptors (Lipinski definition) is 3. The van der Waals surface area contributed by atoms with Crippen LogP contribution in [0.4, 0.5) is 0 Å². The summed E-state index contributed by atoms with van der Waals surface area (Å²) in [6, 6.07) is 13.5. The van der Waals surface area contributed by atoms with E-state index in [0.717, 1.165) is 12.0 Å². The fourth-order valence-corrected chi connectivity index (χ4v) is 3.76. The number of likely N-dealkylation sites (tertiary alicyclic amines) is 1. The number of halogens is 2. The van der Waals surface area contributed by atoms with E-state index in [4.69, 9.17) is 23.2 Å². The Bertz CT molecular complexity index is 845. The van der Waals surface area contributed by atoms with Gasteiger partial charge in [-0.3, -0.25) is 9.59 Å². The lowest BCUT2D eigenvalue weighted by Crippen LogP contribution is -2.46. The van der Waals surface area contributed by atoms with E-state index in [-0.39, 0.29) is 11.8 Å². The molecule has 2 aromatic carbocycles. The summed E-state index contributed by atoms with van der Waals surface area (Å²) in [5.74, 6) is -0.515. The molecule has 0 radical (unpaired) electrons. The molecule has 0 aromatic heterocycles. The molecule has 1 fully saturated rings. The first-order valence-corrected chi connectivity index (χ1v) is 9.99. The van der Waals surface area contributed by atoms with Gasteiger partial charge in [0.25, 0.3) is 5.91 Å². The summed E-state index contributed by atoms with van der Waals surface area (Å²) in [6.07, 6.45) is 1.09. The van der Waals surface area contributed by atoms with Crippen molar-refractivity contribution in [3.05, 3.63) is 69.7 Å². The van der Waals surface area contributed by atoms with E-state index >= 15 is 0 Å². The van der Waals surface area contributed by atoms with E-state index in [9.17, 15) is 14.7 Å². The van der Waals surface area contributed by atoms with E-state index in [1.54, 1.807) is 17.0 Å². The van der Waals surface area contributed by atoms with Crippen molar-refractivity contribution in [2.24, 2.45) is 0 Å². The number of benzene rings is 2. The lowest BCUT2D eigenvalue weighted by molar-refractivity contribution is -0.124. The first-order chi connectivity index (χ1) is 13.5. The Labute approximate surface area is 174 Å². The van der Waals surface area contributed by atoms with Crippen molar-refractivity contribution in [2.45, 2.75) is 31.4 Å². The van der Waals surface area contributed by atoms with Crippen molar-refractivity contribution >= 4 is 35.0 Å². The fourth-order valence-electron chi connectivity index (χ4n) is 3.39. The number of nitrogens with one attached hydrogen (secondary N) is 1. The zero-order valence-electron chi connectivity index (χ0n) is 15.3. The summed E-state index contributed by atoms with van der Waals surface area (Å²) in [5, 5.41) is 13.8. The number of carbonyl (C=O) groups is 2. The molecule has 3 rings (SSSR count). The van der Waals surface area contributed by atoms with E-state index in [1.807, 2.05) is 30.3 Å². The van der Waals surface area contributed by atoms with Crippen LogP contribution in [0.3, 0.4) is 0 Å². The van der Waals surface area contributed by atoms with Crippen LogP contribution in [0.25, 0.3) is 0 Å². The first-order valence-electron chi connectivity index (χ1n) is 9.24. The van der Waals surface area contributed by atoms with E-state index in [1.165, 1.54) is 6.07 Å². The molecule has 0 saturated carbocycles. The molecule has 7 heteroatoms. The number of amides is 2. The van der Waals surface area contributed by atoms with E-state index in [0.29, 0.717) is 41.5 Å². The maximum atomic E-state index is 12.9. The first kappa shape index (κ1) is 20.6. The minimum absolute atomic E-state index is 0.218. The number of nitrogens with zero attached hydrogens (tertiary/aromatic N) is 1. The average Bonchev–Trinajstić information content (AvgIpc) is 3.19. The average molecular weight is 421 g/mol. The summed E-state index contributed by atoms with van der Waals surface area (Å²) < 4.78 is 0. The van der Waals surface area contributed by atoms with Crippen LogP contribution in [-0.2, 0) is 4.79 Å². The molecule has 1 saturated heterocycles. The van der Waals surface area contributed by atoms with Crippen LogP contribution in [0.1, 0.15) is 41.3 Å². The number of aliphatic hydroxyl groups is 1. The Morgan fingerprint density at radius 3 is 2.68 bits per heavy atom. The van der Waals surface area contributed by atoms with Crippen molar-refractivity contribution in [2.75, 3.05) is 13.1 Å². The van der Waals surface area contributed by atoms with Crippen molar-refractivity contribution in [3.8, 4) is 0 Å². The highest BCUT2D eigenvalue weighted by atomic mass is 35.5. The van der Waals surface area contributed by atoms with Gasteiger partial charge in [-0.2, -0.15) is 0 Å². The minimum Gasteiger partial charge on any atom is -0.388 e. The van der Waals surface area contributed by atoms with E-state index < -0.39 is 12.1 Å². The zero-order chi connectivity index (χ0) is 20.1. The molecule has 2 amide bonds. The third-order valence-corrected chi connectivity index (χ3v) is 5.44. The molecule has 0 bridgehead atoms. The third kappa shape index (κ3) is 4.85. The molecular formula is C21H22Cl2N2O3. The predicted octanol–water partition coefficient (Wildman–Crippen LogP) is 3.84. The molecule has 2 N–H and O–H groups in total. The number of carbonyl (C=O) groups excluding carboxylic acids is 2. The fraction of sp³-hybridized carbons (Fsp3) is 0.333. The second-order valence-corrected chi connectivity index (χ2v) is 7.63. The molecule has 1 aliphatic rings. The van der Waals surface area contributed by atoms with Crippen LogP contribution in [0.15, 0.2) is 48.5 Å². The van der Waals surface area contributed by atoms with Crippen LogP contribution >= 0.6 is 23.2 Å². The molecule has 0 spiro atoms. The second kappa shape index (κ2) is 9.41. The topological polar surface area (TPSA) is 69.6 Å². The molecule has 2 atom stereocenters. The van der Waals surface area contributed by atoms with Gasteiger partial charge in [-0.25, -0.2) is 0 Å². The Morgan fingerprint density at radius 2 is 1.93 bits per heavy atom. The van der Waals surface area contributed by atoms with Gasteiger partial charge >= 0.3 is 0 Å². The molecule has 0 unspecified atom stereocenters. The Kier molecular flexibility index (Phi) is 6.94. The van der Waals surface area contributed by atoms with Gasteiger partial charge in [-0.1, -0.05) is 53.5 Å². The van der Waals surface area contributed by atoms with Crippen LogP contribution < -0.4 is 5.32 Å². The SMILES string of the molecule is O=C(NCC[C@H](O)c1ccccc1)[C@H]1CCCN1C(=O)c1cc(Cl)ccc1Cl. The van der Waals surface area contributed by atoms with Gasteiger partial charge in [-0.05, 0) is 43.0 Å². The molecule has 0 aliphatic carbocycles. The maximum absolute atomic E-state index is 12.9. The van der Waals surface area contributed by atoms with Crippen molar-refractivity contribution in [3.63, 3.8) is 0 Å². The lowest BCUT2D eigenvalue weighted by atomic mass is 10.1. The van der Waals surface area contributed by atoms with Crippen molar-refractivity contribution in [1.82, 2.24) is 10.2 Å². The summed E-state index contributed by atoms with van der Waals surface area (Å²) in [7, 11) is 0. The molecule has 2 aromatic rings. The molecular weight excluding hydrogens is 399 g/mol. The standard InChI is InChI=1S/C21H22Cl2N2O3/c22-15-8-9-17(23)16(13-15)21(28)25-12-4-7-18(25)20(27)24-11-10-19(26)14-5-2-1-3-6-14/h1-3,5-6,8-9,13,18-19,26H,4,7,10-12H2,(H,24,27)/t18-,19+/m1/s1. The van der Waals surface area contributed by atoms with Crippen LogP contribution in [0.5, 0.6) is 0 Å². The van der Waals surface area contributed by atoms with Gasteiger partial charge in [0.1, 0.15) is 6.04 Å². The van der Waals surface area contributed by atoms with Gasteiger partial charge in [0.2, 0.25) is 5.91 Å². The third-order valence-electron chi connectivity index (χ3n) is 4.88. The van der Waals surface area contributed by atoms with Gasteiger partial charge in [0, 0.05) is 18.1 Å². The Hall–Kier alpha value is -2.08. The van der Waals surface area contributed by atoms with E-state index in [2.05, 4.69) is 5.32 Å². The lowest BCUT2D eigenvalue weighted by Gasteiger charge is -2.24. The molecule has 148 valence electrons. The molecule has 5 nitrogen and oxygen atoms in total. The van der Waals surface area contributed by atoms with Gasteiger partial charge in [0.15, 0.2) is 0 Å². The van der Waals surface area contributed by atoms with Crippen molar-refractivity contribution < 1.29 is 14.7 Å². The molecule has 1 aliphatic heterocycles. The highest BCUT2D eigenvalue weighted by molar-refractivity contribution is 6.35. The zero-order valence-corrected chi connectivity index (χ0v) is 16.8. The molecule has 28 heavy (non-hydrogen) atoms. The highest BCUT2D eigenvalue weighted by Crippen LogP contribution is 2.26. The quantitative estimate of drug-likeness (QED) is 0.745. The van der Waals surface area contributed by atoms with Gasteiger partial charge < -0.3 is 15.3 Å². The second-order valence-electron chi connectivity index (χ2n) is 6.79. The number of hydrogen-bond donors (Lipinski definition) is 2.